The number of fused-ring (bicyclic) bond motifs is 5. The van der Waals surface area contributed by atoms with Crippen LogP contribution >= 0.6 is 0 Å². The number of carbonyl (C=O) groups is 3. The second kappa shape index (κ2) is 7.01. The number of carbonyl (C=O) groups excluding carboxylic acids is 3. The number of para-hydroxylation sites is 1. The Bertz CT molecular complexity index is 889. The van der Waals surface area contributed by atoms with Gasteiger partial charge in [-0.05, 0) is 50.7 Å². The van der Waals surface area contributed by atoms with Gasteiger partial charge < -0.3 is 9.64 Å². The van der Waals surface area contributed by atoms with E-state index in [2.05, 4.69) is 6.08 Å². The number of anilines is 1. The molecule has 1 aromatic carbocycles. The first-order valence-corrected chi connectivity index (χ1v) is 10.3. The molecule has 2 amide bonds. The minimum Gasteiger partial charge on any atom is -0.451 e. The fourth-order valence-corrected chi connectivity index (χ4v) is 5.17. The predicted molar refractivity (Wildman–Crippen MR) is 109 cm³/mol. The molecule has 0 spiro atoms. The van der Waals surface area contributed by atoms with Gasteiger partial charge >= 0.3 is 5.97 Å². The van der Waals surface area contributed by atoms with Crippen LogP contribution in [0.25, 0.3) is 0 Å². The van der Waals surface area contributed by atoms with Gasteiger partial charge in [0.15, 0.2) is 6.10 Å². The molecule has 3 aliphatic rings. The quantitative estimate of drug-likeness (QED) is 0.436. The van der Waals surface area contributed by atoms with E-state index in [-0.39, 0.29) is 17.8 Å². The van der Waals surface area contributed by atoms with Crippen molar-refractivity contribution in [1.82, 2.24) is 4.90 Å². The highest BCUT2D eigenvalue weighted by atomic mass is 16.6. The summed E-state index contributed by atoms with van der Waals surface area (Å²) in [4.78, 5) is 41.8. The Labute approximate surface area is 171 Å². The molecule has 4 rings (SSSR count). The number of allylic oxidation sites excluding steroid dienone is 2. The lowest BCUT2D eigenvalue weighted by Crippen LogP contribution is -2.60. The van der Waals surface area contributed by atoms with E-state index in [1.165, 1.54) is 0 Å². The van der Waals surface area contributed by atoms with Crippen LogP contribution < -0.4 is 4.90 Å². The molecule has 1 aromatic rings. The number of esters is 1. The second-order valence-corrected chi connectivity index (χ2v) is 9.07. The summed E-state index contributed by atoms with van der Waals surface area (Å²) in [5.41, 5.74) is 2.49. The normalized spacial score (nSPS) is 30.0. The molecule has 0 bridgehead atoms. The first-order chi connectivity index (χ1) is 13.8. The van der Waals surface area contributed by atoms with E-state index in [1.54, 1.807) is 9.80 Å². The fourth-order valence-electron chi connectivity index (χ4n) is 5.17. The molecule has 0 aliphatic carbocycles. The van der Waals surface area contributed by atoms with Gasteiger partial charge in [-0.3, -0.25) is 14.5 Å². The van der Waals surface area contributed by atoms with Gasteiger partial charge in [0.25, 0.3) is 5.91 Å². The van der Waals surface area contributed by atoms with Crippen LogP contribution in [0.15, 0.2) is 35.9 Å². The van der Waals surface area contributed by atoms with Crippen LogP contribution in [0.3, 0.4) is 0 Å². The van der Waals surface area contributed by atoms with Crippen LogP contribution in [0.4, 0.5) is 5.69 Å². The third kappa shape index (κ3) is 2.88. The molecule has 154 valence electrons. The van der Waals surface area contributed by atoms with E-state index in [9.17, 15) is 14.4 Å². The van der Waals surface area contributed by atoms with Gasteiger partial charge in [0.2, 0.25) is 6.41 Å². The molecule has 2 saturated heterocycles. The number of rotatable bonds is 5. The Morgan fingerprint density at radius 2 is 2.00 bits per heavy atom. The van der Waals surface area contributed by atoms with Crippen LogP contribution in [0.2, 0.25) is 0 Å². The molecule has 0 aromatic heterocycles. The molecule has 3 aliphatic heterocycles. The van der Waals surface area contributed by atoms with Gasteiger partial charge in [-0.1, -0.05) is 43.7 Å². The Morgan fingerprint density at radius 1 is 1.28 bits per heavy atom. The molecule has 0 saturated carbocycles. The molecular formula is C23H28N2O4. The SMILES string of the molecule is CC(C)=CC[C@@]12C[C@@H]3C(=O)O[C@H](CC(C)C)C(=O)N3[C@@H]1N(C=O)c1ccccc12. The molecule has 3 heterocycles. The fraction of sp³-hybridized carbons (Fsp3) is 0.522. The van der Waals surface area contributed by atoms with Crippen molar-refractivity contribution in [2.75, 3.05) is 4.90 Å². The average Bonchev–Trinajstić information content (AvgIpc) is 3.14. The number of morpholine rings is 1. The topological polar surface area (TPSA) is 66.9 Å². The summed E-state index contributed by atoms with van der Waals surface area (Å²) in [6.07, 6.45) is 3.24. The summed E-state index contributed by atoms with van der Waals surface area (Å²) in [6.45, 7) is 8.06. The molecular weight excluding hydrogens is 368 g/mol. The van der Waals surface area contributed by atoms with E-state index in [0.717, 1.165) is 23.2 Å². The lowest BCUT2D eigenvalue weighted by molar-refractivity contribution is -0.178. The molecule has 2 fully saturated rings. The Kier molecular flexibility index (Phi) is 4.75. The number of hydrogen-bond acceptors (Lipinski definition) is 4. The third-order valence-corrected chi connectivity index (χ3v) is 6.37. The van der Waals surface area contributed by atoms with Gasteiger partial charge in [0.1, 0.15) is 12.2 Å². The van der Waals surface area contributed by atoms with Gasteiger partial charge in [0, 0.05) is 11.1 Å². The number of benzene rings is 1. The van der Waals surface area contributed by atoms with Gasteiger partial charge in [-0.2, -0.15) is 0 Å². The Hall–Kier alpha value is -2.63. The molecule has 0 unspecified atom stereocenters. The zero-order chi connectivity index (χ0) is 20.9. The maximum Gasteiger partial charge on any atom is 0.329 e. The minimum atomic E-state index is -0.782. The van der Waals surface area contributed by atoms with E-state index in [0.29, 0.717) is 19.3 Å². The standard InChI is InChI=1S/C23H28N2O4/c1-14(2)9-10-23-12-18-21(28)29-19(11-15(3)4)20(27)25(18)22(23)24(13-26)17-8-6-5-7-16(17)23/h5-9,13,15,18-19,22H,10-12H2,1-4H3/t18-,19-,22+,23+/m1/s1. The van der Waals surface area contributed by atoms with Crippen molar-refractivity contribution in [3.8, 4) is 0 Å². The lowest BCUT2D eigenvalue weighted by atomic mass is 9.75. The number of amides is 2. The van der Waals surface area contributed by atoms with E-state index in [4.69, 9.17) is 4.74 Å². The molecule has 0 radical (unpaired) electrons. The highest BCUT2D eigenvalue weighted by molar-refractivity contribution is 5.96. The zero-order valence-corrected chi connectivity index (χ0v) is 17.4. The summed E-state index contributed by atoms with van der Waals surface area (Å²) in [5, 5.41) is 0. The van der Waals surface area contributed by atoms with Crippen molar-refractivity contribution in [3.63, 3.8) is 0 Å². The molecule has 29 heavy (non-hydrogen) atoms. The van der Waals surface area contributed by atoms with Crippen molar-refractivity contribution < 1.29 is 19.1 Å². The number of cyclic esters (lactones) is 1. The zero-order valence-electron chi connectivity index (χ0n) is 17.4. The second-order valence-electron chi connectivity index (χ2n) is 9.07. The summed E-state index contributed by atoms with van der Waals surface area (Å²) in [7, 11) is 0. The van der Waals surface area contributed by atoms with Gasteiger partial charge in [0.05, 0.1) is 0 Å². The van der Waals surface area contributed by atoms with E-state index < -0.39 is 23.7 Å². The number of nitrogens with zero attached hydrogens (tertiary/aromatic N) is 2. The maximum absolute atomic E-state index is 13.4. The van der Waals surface area contributed by atoms with Crippen molar-refractivity contribution in [3.05, 3.63) is 41.5 Å². The minimum absolute atomic E-state index is 0.188. The van der Waals surface area contributed by atoms with Crippen LogP contribution in [0.1, 0.15) is 52.5 Å². The first-order valence-electron chi connectivity index (χ1n) is 10.3. The average molecular weight is 396 g/mol. The van der Waals surface area contributed by atoms with Gasteiger partial charge in [-0.15, -0.1) is 0 Å². The molecule has 6 heteroatoms. The predicted octanol–water partition coefficient (Wildman–Crippen LogP) is 3.16. The van der Waals surface area contributed by atoms with Crippen LogP contribution in [-0.4, -0.2) is 41.5 Å². The highest BCUT2D eigenvalue weighted by Crippen LogP contribution is 2.56. The molecule has 0 N–H and O–H groups in total. The number of ether oxygens (including phenoxy) is 1. The van der Waals surface area contributed by atoms with E-state index in [1.807, 2.05) is 52.0 Å². The lowest BCUT2D eigenvalue weighted by Gasteiger charge is -2.40. The smallest absolute Gasteiger partial charge is 0.329 e. The first kappa shape index (κ1) is 19.7. The Balaban J connectivity index is 1.85. The highest BCUT2D eigenvalue weighted by Gasteiger charge is 2.65. The van der Waals surface area contributed by atoms with E-state index >= 15 is 0 Å². The third-order valence-electron chi connectivity index (χ3n) is 6.37. The largest absolute Gasteiger partial charge is 0.451 e. The summed E-state index contributed by atoms with van der Waals surface area (Å²) < 4.78 is 5.56. The van der Waals surface area contributed by atoms with Crippen LogP contribution in [0.5, 0.6) is 0 Å². The number of hydrogen-bond donors (Lipinski definition) is 0. The summed E-state index contributed by atoms with van der Waals surface area (Å²) >= 11 is 0. The van der Waals surface area contributed by atoms with Crippen molar-refractivity contribution in [1.29, 1.82) is 0 Å². The Morgan fingerprint density at radius 3 is 2.66 bits per heavy atom. The maximum atomic E-state index is 13.4. The van der Waals surface area contributed by atoms with Crippen molar-refractivity contribution in [2.45, 2.75) is 70.7 Å². The summed E-state index contributed by atoms with van der Waals surface area (Å²) in [5.74, 6) is -0.328. The van der Waals surface area contributed by atoms with Gasteiger partial charge in [-0.25, -0.2) is 4.79 Å². The molecule has 4 atom stereocenters. The van der Waals surface area contributed by atoms with Crippen LogP contribution in [0, 0.1) is 5.92 Å². The molecule has 6 nitrogen and oxygen atoms in total. The monoisotopic (exact) mass is 396 g/mol. The van der Waals surface area contributed by atoms with Crippen LogP contribution in [-0.2, 0) is 24.5 Å². The summed E-state index contributed by atoms with van der Waals surface area (Å²) in [6, 6.07) is 7.13. The van der Waals surface area contributed by atoms with Crippen molar-refractivity contribution >= 4 is 24.0 Å². The van der Waals surface area contributed by atoms with Crippen molar-refractivity contribution in [2.24, 2.45) is 5.92 Å².